The molecule has 2 nitrogen and oxygen atoms in total. The Kier molecular flexibility index (Phi) is 8.13. The van der Waals surface area contributed by atoms with Gasteiger partial charge in [0.1, 0.15) is 9.68 Å². The number of nitrogens with one attached hydrogen (secondary N) is 1. The number of rotatable bonds is 8. The van der Waals surface area contributed by atoms with Crippen LogP contribution in [0.3, 0.4) is 0 Å². The topological polar surface area (TPSA) is 15.3 Å². The highest BCUT2D eigenvalue weighted by atomic mass is 28.2. The normalized spacial score (nSPS) is 14.1. The fourth-order valence-electron chi connectivity index (χ4n) is 1.28. The molecule has 1 atom stereocenters. The predicted octanol–water partition coefficient (Wildman–Crippen LogP) is 1.52. The summed E-state index contributed by atoms with van der Waals surface area (Å²) in [5, 5.41) is 1.46. The molecule has 0 fully saturated rings. The first-order chi connectivity index (χ1) is 6.65. The summed E-state index contributed by atoms with van der Waals surface area (Å²) in [6.45, 7) is 16.4. The van der Waals surface area contributed by atoms with Crippen molar-refractivity contribution in [3.8, 4) is 0 Å². The Balaban J connectivity index is 3.57. The van der Waals surface area contributed by atoms with Gasteiger partial charge in [0.2, 0.25) is 0 Å². The molecule has 0 aliphatic carbocycles. The van der Waals surface area contributed by atoms with Gasteiger partial charge in [-0.2, -0.15) is 0 Å². The van der Waals surface area contributed by atoms with Crippen molar-refractivity contribution >= 4 is 9.68 Å². The molecule has 0 saturated carbocycles. The third-order valence-electron chi connectivity index (χ3n) is 2.89. The van der Waals surface area contributed by atoms with Crippen molar-refractivity contribution in [2.24, 2.45) is 5.92 Å². The Morgan fingerprint density at radius 3 is 2.36 bits per heavy atom. The number of nitrogens with zero attached hydrogens (tertiary/aromatic N) is 1. The summed E-state index contributed by atoms with van der Waals surface area (Å²) < 4.78 is 0. The Bertz CT molecular complexity index is 155. The molecule has 0 aliphatic heterocycles. The van der Waals surface area contributed by atoms with Gasteiger partial charge < -0.3 is 4.98 Å². The second kappa shape index (κ2) is 8.21. The molecule has 0 aromatic heterocycles. The second-order valence-corrected chi connectivity index (χ2v) is 5.62. The second-order valence-electron chi connectivity index (χ2n) is 3.86. The van der Waals surface area contributed by atoms with Crippen molar-refractivity contribution in [3.63, 3.8) is 0 Å². The fourth-order valence-corrected chi connectivity index (χ4v) is 2.67. The van der Waals surface area contributed by atoms with Gasteiger partial charge in [0, 0.05) is 6.67 Å². The van der Waals surface area contributed by atoms with Crippen molar-refractivity contribution in [3.05, 3.63) is 11.8 Å². The van der Waals surface area contributed by atoms with Crippen molar-refractivity contribution < 1.29 is 0 Å². The van der Waals surface area contributed by atoms with E-state index >= 15 is 0 Å². The van der Waals surface area contributed by atoms with E-state index in [0.717, 1.165) is 19.8 Å². The van der Waals surface area contributed by atoms with Crippen LogP contribution >= 0.6 is 0 Å². The molecule has 3 heteroatoms. The first kappa shape index (κ1) is 13.9. The Hall–Kier alpha value is -0.123. The molecule has 0 heterocycles. The third kappa shape index (κ3) is 5.57. The zero-order valence-corrected chi connectivity index (χ0v) is 11.7. The van der Waals surface area contributed by atoms with Gasteiger partial charge >= 0.3 is 0 Å². The summed E-state index contributed by atoms with van der Waals surface area (Å²) in [6, 6.07) is 0. The lowest BCUT2D eigenvalue weighted by Crippen LogP contribution is -2.37. The van der Waals surface area contributed by atoms with Gasteiger partial charge in [0.15, 0.2) is 0 Å². The van der Waals surface area contributed by atoms with Crippen LogP contribution in [0.5, 0.6) is 0 Å². The molecule has 1 unspecified atom stereocenters. The molecule has 0 aliphatic rings. The molecule has 0 amide bonds. The molecule has 0 aromatic rings. The minimum Gasteiger partial charge on any atom is -0.327 e. The van der Waals surface area contributed by atoms with E-state index in [0.29, 0.717) is 5.92 Å². The lowest BCUT2D eigenvalue weighted by molar-refractivity contribution is 0.301. The summed E-state index contributed by atoms with van der Waals surface area (Å²) in [7, 11) is -0.270. The van der Waals surface area contributed by atoms with Crippen LogP contribution in [-0.2, 0) is 0 Å². The van der Waals surface area contributed by atoms with E-state index < -0.39 is 0 Å². The van der Waals surface area contributed by atoms with E-state index in [2.05, 4.69) is 44.2 Å². The van der Waals surface area contributed by atoms with Crippen molar-refractivity contribution in [1.29, 1.82) is 0 Å². The van der Waals surface area contributed by atoms with Crippen LogP contribution in [0.2, 0.25) is 0 Å². The van der Waals surface area contributed by atoms with Gasteiger partial charge in [-0.05, 0) is 19.0 Å². The minimum absolute atomic E-state index is 0.270. The molecule has 0 bridgehead atoms. The quantitative estimate of drug-likeness (QED) is 0.487. The van der Waals surface area contributed by atoms with E-state index in [9.17, 15) is 0 Å². The summed E-state index contributed by atoms with van der Waals surface area (Å²) in [6.07, 6.45) is 1.22. The first-order valence-electron chi connectivity index (χ1n) is 5.76. The molecule has 0 aromatic carbocycles. The van der Waals surface area contributed by atoms with Gasteiger partial charge in [-0.15, -0.1) is 6.58 Å². The molecule has 0 spiro atoms. The Morgan fingerprint density at radius 2 is 1.93 bits per heavy atom. The number of hydrogen-bond donors (Lipinski definition) is 1. The van der Waals surface area contributed by atoms with Crippen LogP contribution in [0.1, 0.15) is 34.1 Å². The lowest BCUT2D eigenvalue weighted by Gasteiger charge is -2.20. The largest absolute Gasteiger partial charge is 0.327 e. The van der Waals surface area contributed by atoms with Gasteiger partial charge in [-0.3, -0.25) is 4.90 Å². The first-order valence-corrected chi connectivity index (χ1v) is 7.17. The van der Waals surface area contributed by atoms with E-state index in [1.165, 1.54) is 11.6 Å². The van der Waals surface area contributed by atoms with Crippen LogP contribution < -0.4 is 4.98 Å². The molecular formula is C11H26N2Si. The van der Waals surface area contributed by atoms with Crippen LogP contribution in [-0.4, -0.2) is 34.3 Å². The SMILES string of the molecule is C=C([SiH2]NCN(CC)CC)C(C)CC. The third-order valence-corrected chi connectivity index (χ3v) is 4.52. The maximum atomic E-state index is 4.15. The van der Waals surface area contributed by atoms with Gasteiger partial charge in [-0.25, -0.2) is 0 Å². The summed E-state index contributed by atoms with van der Waals surface area (Å²) in [4.78, 5) is 5.97. The van der Waals surface area contributed by atoms with Crippen molar-refractivity contribution in [2.75, 3.05) is 19.8 Å². The molecule has 1 N–H and O–H groups in total. The highest BCUT2D eigenvalue weighted by molar-refractivity contribution is 6.42. The Labute approximate surface area is 91.7 Å². The smallest absolute Gasteiger partial charge is 0.120 e. The van der Waals surface area contributed by atoms with E-state index in [1.807, 2.05) is 0 Å². The van der Waals surface area contributed by atoms with Crippen molar-refractivity contribution in [1.82, 2.24) is 9.88 Å². The average Bonchev–Trinajstić information content (AvgIpc) is 2.22. The molecule has 84 valence electrons. The van der Waals surface area contributed by atoms with E-state index in [-0.39, 0.29) is 9.68 Å². The number of allylic oxidation sites excluding steroid dienone is 1. The molecule has 14 heavy (non-hydrogen) atoms. The van der Waals surface area contributed by atoms with Crippen LogP contribution in [0.15, 0.2) is 11.8 Å². The predicted molar refractivity (Wildman–Crippen MR) is 68.1 cm³/mol. The highest BCUT2D eigenvalue weighted by Gasteiger charge is 2.04. The van der Waals surface area contributed by atoms with Gasteiger partial charge in [-0.1, -0.05) is 39.3 Å². The van der Waals surface area contributed by atoms with Crippen LogP contribution in [0, 0.1) is 5.92 Å². The molecule has 0 saturated heterocycles. The zero-order valence-electron chi connectivity index (χ0n) is 10.3. The fraction of sp³-hybridized carbons (Fsp3) is 0.818. The monoisotopic (exact) mass is 214 g/mol. The number of hydrogen-bond acceptors (Lipinski definition) is 2. The molecule has 0 rings (SSSR count). The molecular weight excluding hydrogens is 188 g/mol. The van der Waals surface area contributed by atoms with Gasteiger partial charge in [0.25, 0.3) is 0 Å². The maximum absolute atomic E-state index is 4.15. The van der Waals surface area contributed by atoms with Crippen LogP contribution in [0.25, 0.3) is 0 Å². The van der Waals surface area contributed by atoms with E-state index in [4.69, 9.17) is 0 Å². The highest BCUT2D eigenvalue weighted by Crippen LogP contribution is 2.09. The lowest BCUT2D eigenvalue weighted by atomic mass is 10.1. The summed E-state index contributed by atoms with van der Waals surface area (Å²) in [5.41, 5.74) is 0. The van der Waals surface area contributed by atoms with E-state index in [1.54, 1.807) is 0 Å². The molecule has 0 radical (unpaired) electrons. The standard InChI is InChI=1S/C11H26N2Si/c1-6-10(4)11(5)14-12-9-13(7-2)8-3/h10,12H,5-9,14H2,1-4H3. The zero-order chi connectivity index (χ0) is 11.0. The Morgan fingerprint density at radius 1 is 1.36 bits per heavy atom. The van der Waals surface area contributed by atoms with Crippen molar-refractivity contribution in [2.45, 2.75) is 34.1 Å². The summed E-state index contributed by atoms with van der Waals surface area (Å²) >= 11 is 0. The van der Waals surface area contributed by atoms with Gasteiger partial charge in [0.05, 0.1) is 0 Å². The average molecular weight is 214 g/mol. The van der Waals surface area contributed by atoms with Crippen LogP contribution in [0.4, 0.5) is 0 Å². The maximum Gasteiger partial charge on any atom is 0.120 e. The summed E-state index contributed by atoms with van der Waals surface area (Å²) in [5.74, 6) is 0.700. The minimum atomic E-state index is -0.270.